The van der Waals surface area contributed by atoms with E-state index in [4.69, 9.17) is 0 Å². The summed E-state index contributed by atoms with van der Waals surface area (Å²) in [7, 11) is 1.82. The summed E-state index contributed by atoms with van der Waals surface area (Å²) < 4.78 is 0. The first-order chi connectivity index (χ1) is 10.1. The summed E-state index contributed by atoms with van der Waals surface area (Å²) in [5, 5.41) is 3.30. The summed E-state index contributed by atoms with van der Waals surface area (Å²) in [4.78, 5) is 19.9. The van der Waals surface area contributed by atoms with Crippen molar-refractivity contribution in [2.24, 2.45) is 0 Å². The van der Waals surface area contributed by atoms with E-state index in [1.165, 1.54) is 0 Å². The Morgan fingerprint density at radius 1 is 1.19 bits per heavy atom. The van der Waals surface area contributed by atoms with E-state index in [-0.39, 0.29) is 6.03 Å². The molecule has 2 amide bonds. The molecule has 21 heavy (non-hydrogen) atoms. The summed E-state index contributed by atoms with van der Waals surface area (Å²) in [6.07, 6.45) is 1.76. The highest BCUT2D eigenvalue weighted by atomic mass is 16.2. The molecule has 0 atom stereocenters. The highest BCUT2D eigenvalue weighted by Gasteiger charge is 2.26. The van der Waals surface area contributed by atoms with Gasteiger partial charge in [-0.3, -0.25) is 4.90 Å². The maximum Gasteiger partial charge on any atom is 0.324 e. The molecule has 0 spiro atoms. The van der Waals surface area contributed by atoms with Gasteiger partial charge in [0.25, 0.3) is 0 Å². The van der Waals surface area contributed by atoms with Gasteiger partial charge in [-0.1, -0.05) is 12.1 Å². The van der Waals surface area contributed by atoms with Crippen LogP contribution in [-0.4, -0.2) is 36.1 Å². The number of hydrogen-bond donors (Lipinski definition) is 1. The third-order valence-corrected chi connectivity index (χ3v) is 3.65. The van der Waals surface area contributed by atoms with Gasteiger partial charge in [-0.2, -0.15) is 0 Å². The van der Waals surface area contributed by atoms with Crippen LogP contribution < -0.4 is 10.2 Å². The summed E-state index contributed by atoms with van der Waals surface area (Å²) in [5.41, 5.74) is 2.92. The van der Waals surface area contributed by atoms with Gasteiger partial charge in [0.05, 0.1) is 0 Å². The molecule has 1 fully saturated rings. The minimum absolute atomic E-state index is 0.0427. The molecule has 1 N–H and O–H groups in total. The maximum atomic E-state index is 12.0. The Labute approximate surface area is 124 Å². The second-order valence-corrected chi connectivity index (χ2v) is 5.20. The zero-order valence-electron chi connectivity index (χ0n) is 12.2. The number of nitrogens with zero attached hydrogens (tertiary/aromatic N) is 3. The van der Waals surface area contributed by atoms with Crippen molar-refractivity contribution in [3.05, 3.63) is 48.2 Å². The number of anilines is 3. The van der Waals surface area contributed by atoms with Crippen LogP contribution in [0.1, 0.15) is 5.56 Å². The van der Waals surface area contributed by atoms with Crippen LogP contribution >= 0.6 is 0 Å². The molecular weight excluding hydrogens is 264 g/mol. The number of hydrogen-bond acceptors (Lipinski definition) is 3. The van der Waals surface area contributed by atoms with Gasteiger partial charge in [0.15, 0.2) is 0 Å². The molecule has 1 aliphatic rings. The third kappa shape index (κ3) is 2.67. The Morgan fingerprint density at radius 3 is 2.76 bits per heavy atom. The highest BCUT2D eigenvalue weighted by Crippen LogP contribution is 2.25. The van der Waals surface area contributed by atoms with E-state index in [0.717, 1.165) is 35.8 Å². The number of carbonyl (C=O) groups excluding carboxylic acids is 1. The fourth-order valence-electron chi connectivity index (χ4n) is 2.39. The second-order valence-electron chi connectivity index (χ2n) is 5.20. The average molecular weight is 282 g/mol. The van der Waals surface area contributed by atoms with Crippen LogP contribution in [-0.2, 0) is 0 Å². The van der Waals surface area contributed by atoms with Crippen molar-refractivity contribution in [1.29, 1.82) is 0 Å². The topological polar surface area (TPSA) is 48.5 Å². The Bertz CT molecular complexity index is 671. The molecule has 2 heterocycles. The van der Waals surface area contributed by atoms with Crippen LogP contribution in [0.25, 0.3) is 0 Å². The lowest BCUT2D eigenvalue weighted by molar-refractivity contribution is 0.229. The number of urea groups is 1. The zero-order valence-corrected chi connectivity index (χ0v) is 12.2. The van der Waals surface area contributed by atoms with E-state index in [1.807, 2.05) is 50.4 Å². The predicted molar refractivity (Wildman–Crippen MR) is 84.1 cm³/mol. The van der Waals surface area contributed by atoms with Crippen LogP contribution in [0.3, 0.4) is 0 Å². The average Bonchev–Trinajstić information content (AvgIpc) is 2.82. The molecule has 1 aromatic heterocycles. The van der Waals surface area contributed by atoms with Gasteiger partial charge in [-0.25, -0.2) is 9.78 Å². The van der Waals surface area contributed by atoms with E-state index in [0.29, 0.717) is 0 Å². The third-order valence-electron chi connectivity index (χ3n) is 3.65. The summed E-state index contributed by atoms with van der Waals surface area (Å²) in [5.74, 6) is 0.833. The largest absolute Gasteiger partial charge is 0.340 e. The quantitative estimate of drug-likeness (QED) is 0.941. The highest BCUT2D eigenvalue weighted by molar-refractivity contribution is 5.94. The normalized spacial score (nSPS) is 14.7. The molecule has 0 bridgehead atoms. The van der Waals surface area contributed by atoms with Crippen molar-refractivity contribution in [2.75, 3.05) is 30.4 Å². The molecule has 1 aliphatic heterocycles. The SMILES string of the molecule is Cc1cccnc1Nc1cccc(N2CCN(C)C2=O)c1. The van der Waals surface area contributed by atoms with Gasteiger partial charge >= 0.3 is 6.03 Å². The number of pyridine rings is 1. The van der Waals surface area contributed by atoms with Gasteiger partial charge < -0.3 is 10.2 Å². The number of benzene rings is 1. The van der Waals surface area contributed by atoms with Crippen molar-refractivity contribution < 1.29 is 4.79 Å². The number of likely N-dealkylation sites (N-methyl/N-ethyl adjacent to an activating group) is 1. The second kappa shape index (κ2) is 5.44. The number of aromatic nitrogens is 1. The van der Waals surface area contributed by atoms with Crippen LogP contribution in [0, 0.1) is 6.92 Å². The van der Waals surface area contributed by atoms with Crippen molar-refractivity contribution in [3.8, 4) is 0 Å². The van der Waals surface area contributed by atoms with E-state index in [1.54, 1.807) is 16.0 Å². The first-order valence-corrected chi connectivity index (χ1v) is 6.96. The predicted octanol–water partition coefficient (Wildman–Crippen LogP) is 3.01. The lowest BCUT2D eigenvalue weighted by Crippen LogP contribution is -2.29. The van der Waals surface area contributed by atoms with Gasteiger partial charge in [0.1, 0.15) is 5.82 Å². The van der Waals surface area contributed by atoms with Crippen molar-refractivity contribution in [3.63, 3.8) is 0 Å². The van der Waals surface area contributed by atoms with Crippen molar-refractivity contribution in [2.45, 2.75) is 6.92 Å². The van der Waals surface area contributed by atoms with Crippen LogP contribution in [0.5, 0.6) is 0 Å². The first kappa shape index (κ1) is 13.4. The molecule has 5 nitrogen and oxygen atoms in total. The van der Waals surface area contributed by atoms with Crippen LogP contribution in [0.2, 0.25) is 0 Å². The van der Waals surface area contributed by atoms with Crippen molar-refractivity contribution in [1.82, 2.24) is 9.88 Å². The minimum atomic E-state index is 0.0427. The van der Waals surface area contributed by atoms with Gasteiger partial charge in [0.2, 0.25) is 0 Å². The Balaban J connectivity index is 1.84. The van der Waals surface area contributed by atoms with Crippen molar-refractivity contribution >= 4 is 23.2 Å². The van der Waals surface area contributed by atoms with Crippen LogP contribution in [0.15, 0.2) is 42.6 Å². The fourth-order valence-corrected chi connectivity index (χ4v) is 2.39. The maximum absolute atomic E-state index is 12.0. The first-order valence-electron chi connectivity index (χ1n) is 6.96. The van der Waals surface area contributed by atoms with Gasteiger partial charge in [-0.15, -0.1) is 0 Å². The molecule has 108 valence electrons. The monoisotopic (exact) mass is 282 g/mol. The van der Waals surface area contributed by atoms with E-state index >= 15 is 0 Å². The molecular formula is C16H18N4O. The van der Waals surface area contributed by atoms with E-state index < -0.39 is 0 Å². The molecule has 5 heteroatoms. The molecule has 0 unspecified atom stereocenters. The Kier molecular flexibility index (Phi) is 3.48. The summed E-state index contributed by atoms with van der Waals surface area (Å²) >= 11 is 0. The number of rotatable bonds is 3. The lowest BCUT2D eigenvalue weighted by atomic mass is 10.2. The van der Waals surface area contributed by atoms with Gasteiger partial charge in [-0.05, 0) is 36.8 Å². The molecule has 3 rings (SSSR count). The smallest absolute Gasteiger partial charge is 0.324 e. The Morgan fingerprint density at radius 2 is 2.05 bits per heavy atom. The number of amides is 2. The number of aryl methyl sites for hydroxylation is 1. The Hall–Kier alpha value is -2.56. The zero-order chi connectivity index (χ0) is 14.8. The number of carbonyl (C=O) groups is 1. The van der Waals surface area contributed by atoms with Gasteiger partial charge in [0, 0.05) is 37.7 Å². The lowest BCUT2D eigenvalue weighted by Gasteiger charge is -2.17. The fraction of sp³-hybridized carbons (Fsp3) is 0.250. The molecule has 0 radical (unpaired) electrons. The minimum Gasteiger partial charge on any atom is -0.340 e. The molecule has 0 aliphatic carbocycles. The summed E-state index contributed by atoms with van der Waals surface area (Å²) in [6.45, 7) is 3.50. The molecule has 0 saturated carbocycles. The molecule has 1 aromatic carbocycles. The van der Waals surface area contributed by atoms with E-state index in [2.05, 4.69) is 10.3 Å². The molecule has 1 saturated heterocycles. The standard InChI is InChI=1S/C16H18N4O/c1-12-5-4-8-17-15(12)18-13-6-3-7-14(11-13)20-10-9-19(2)16(20)21/h3-8,11H,9-10H2,1-2H3,(H,17,18). The summed E-state index contributed by atoms with van der Waals surface area (Å²) in [6, 6.07) is 11.8. The number of nitrogens with one attached hydrogen (secondary N) is 1. The van der Waals surface area contributed by atoms with E-state index in [9.17, 15) is 4.79 Å². The van der Waals surface area contributed by atoms with Crippen LogP contribution in [0.4, 0.5) is 22.0 Å². The molecule has 2 aromatic rings.